The Balaban J connectivity index is 2.02. The summed E-state index contributed by atoms with van der Waals surface area (Å²) in [6.07, 6.45) is 3.42. The molecule has 0 aliphatic heterocycles. The van der Waals surface area contributed by atoms with Crippen LogP contribution in [-0.2, 0) is 0 Å². The van der Waals surface area contributed by atoms with E-state index in [1.54, 1.807) is 6.20 Å². The van der Waals surface area contributed by atoms with Gasteiger partial charge in [-0.25, -0.2) is 4.98 Å². The minimum Gasteiger partial charge on any atom is -0.393 e. The molecule has 2 rings (SSSR count). The van der Waals surface area contributed by atoms with Crippen molar-refractivity contribution in [2.75, 3.05) is 24.2 Å². The van der Waals surface area contributed by atoms with Crippen LogP contribution in [0.15, 0.2) is 6.20 Å². The maximum Gasteiger partial charge on any atom is 0.221 e. The van der Waals surface area contributed by atoms with Gasteiger partial charge in [0, 0.05) is 25.4 Å². The highest BCUT2D eigenvalue weighted by atomic mass is 16.3. The molecule has 1 aliphatic carbocycles. The third-order valence-corrected chi connectivity index (χ3v) is 3.07. The summed E-state index contributed by atoms with van der Waals surface area (Å²) in [6, 6.07) is 0. The summed E-state index contributed by atoms with van der Waals surface area (Å²) >= 11 is 0. The predicted molar refractivity (Wildman–Crippen MR) is 63.2 cm³/mol. The Hall–Kier alpha value is -1.36. The number of nitrogens with zero attached hydrogens (tertiary/aromatic N) is 3. The van der Waals surface area contributed by atoms with E-state index < -0.39 is 0 Å². The molecule has 0 saturated heterocycles. The molecule has 1 aromatic rings. The number of hydrogen-bond acceptors (Lipinski definition) is 5. The molecule has 88 valence electrons. The second kappa shape index (κ2) is 4.25. The molecule has 1 aliphatic rings. The standard InChI is InChI=1S/C11H18N4O/c1-7-5-13-11(12)14-10(7)15(2)6-8-3-9(16)4-8/h5,8-9,16H,3-4,6H2,1-2H3,(H2,12,13,14). The molecule has 0 radical (unpaired) electrons. The largest absolute Gasteiger partial charge is 0.393 e. The van der Waals surface area contributed by atoms with E-state index in [4.69, 9.17) is 5.73 Å². The van der Waals surface area contributed by atoms with Crippen LogP contribution in [0, 0.1) is 12.8 Å². The molecule has 5 heteroatoms. The summed E-state index contributed by atoms with van der Waals surface area (Å²) in [7, 11) is 2.00. The van der Waals surface area contributed by atoms with Gasteiger partial charge in [0.05, 0.1) is 6.10 Å². The van der Waals surface area contributed by atoms with Crippen molar-refractivity contribution in [3.63, 3.8) is 0 Å². The highest BCUT2D eigenvalue weighted by molar-refractivity contribution is 5.47. The molecule has 0 amide bonds. The molecule has 3 N–H and O–H groups in total. The van der Waals surface area contributed by atoms with Crippen LogP contribution in [0.25, 0.3) is 0 Å². The molecule has 0 atom stereocenters. The number of rotatable bonds is 3. The van der Waals surface area contributed by atoms with Crippen LogP contribution in [0.2, 0.25) is 0 Å². The molecule has 1 fully saturated rings. The molecular formula is C11H18N4O. The van der Waals surface area contributed by atoms with Gasteiger partial charge in [-0.2, -0.15) is 4.98 Å². The number of aromatic nitrogens is 2. The summed E-state index contributed by atoms with van der Waals surface area (Å²) in [4.78, 5) is 10.3. The zero-order valence-corrected chi connectivity index (χ0v) is 9.72. The zero-order chi connectivity index (χ0) is 11.7. The lowest BCUT2D eigenvalue weighted by Gasteiger charge is -2.35. The van der Waals surface area contributed by atoms with Crippen molar-refractivity contribution in [1.82, 2.24) is 9.97 Å². The summed E-state index contributed by atoms with van der Waals surface area (Å²) in [6.45, 7) is 2.88. The molecule has 0 bridgehead atoms. The molecule has 0 unspecified atom stereocenters. The fourth-order valence-electron chi connectivity index (χ4n) is 2.16. The third-order valence-electron chi connectivity index (χ3n) is 3.07. The number of hydrogen-bond donors (Lipinski definition) is 2. The van der Waals surface area contributed by atoms with Gasteiger partial charge in [-0.15, -0.1) is 0 Å². The first-order valence-electron chi connectivity index (χ1n) is 5.54. The Morgan fingerprint density at radius 2 is 2.25 bits per heavy atom. The van der Waals surface area contributed by atoms with Crippen LogP contribution in [0.4, 0.5) is 11.8 Å². The summed E-state index contributed by atoms with van der Waals surface area (Å²) < 4.78 is 0. The fraction of sp³-hybridized carbons (Fsp3) is 0.636. The van der Waals surface area contributed by atoms with Crippen LogP contribution in [0.1, 0.15) is 18.4 Å². The van der Waals surface area contributed by atoms with Gasteiger partial charge in [0.1, 0.15) is 5.82 Å². The van der Waals surface area contributed by atoms with Gasteiger partial charge in [0.2, 0.25) is 5.95 Å². The van der Waals surface area contributed by atoms with E-state index in [-0.39, 0.29) is 6.10 Å². The van der Waals surface area contributed by atoms with E-state index in [0.717, 1.165) is 30.8 Å². The second-order valence-corrected chi connectivity index (χ2v) is 4.61. The zero-order valence-electron chi connectivity index (χ0n) is 9.72. The molecule has 1 aromatic heterocycles. The quantitative estimate of drug-likeness (QED) is 0.782. The molecule has 0 spiro atoms. The summed E-state index contributed by atoms with van der Waals surface area (Å²) in [5.41, 5.74) is 6.60. The average Bonchev–Trinajstić information content (AvgIpc) is 2.19. The minimum atomic E-state index is -0.102. The Morgan fingerprint density at radius 1 is 1.56 bits per heavy atom. The van der Waals surface area contributed by atoms with Crippen molar-refractivity contribution in [2.24, 2.45) is 5.92 Å². The van der Waals surface area contributed by atoms with Crippen LogP contribution in [-0.4, -0.2) is 34.8 Å². The van der Waals surface area contributed by atoms with Gasteiger partial charge in [0.15, 0.2) is 0 Å². The first-order chi connectivity index (χ1) is 7.56. The summed E-state index contributed by atoms with van der Waals surface area (Å²) in [5, 5.41) is 9.24. The maximum absolute atomic E-state index is 9.24. The van der Waals surface area contributed by atoms with Crippen LogP contribution in [0.3, 0.4) is 0 Å². The molecule has 5 nitrogen and oxygen atoms in total. The van der Waals surface area contributed by atoms with Crippen molar-refractivity contribution in [3.8, 4) is 0 Å². The lowest BCUT2D eigenvalue weighted by molar-refractivity contribution is 0.0464. The van der Waals surface area contributed by atoms with E-state index in [1.165, 1.54) is 0 Å². The van der Waals surface area contributed by atoms with Crippen LogP contribution < -0.4 is 10.6 Å². The van der Waals surface area contributed by atoms with E-state index >= 15 is 0 Å². The van der Waals surface area contributed by atoms with Crippen LogP contribution in [0.5, 0.6) is 0 Å². The van der Waals surface area contributed by atoms with Crippen molar-refractivity contribution in [3.05, 3.63) is 11.8 Å². The predicted octanol–water partition coefficient (Wildman–Crippen LogP) is 0.574. The smallest absolute Gasteiger partial charge is 0.221 e. The molecular weight excluding hydrogens is 204 g/mol. The average molecular weight is 222 g/mol. The highest BCUT2D eigenvalue weighted by Crippen LogP contribution is 2.29. The van der Waals surface area contributed by atoms with E-state index in [0.29, 0.717) is 11.9 Å². The Bertz CT molecular complexity index is 376. The number of aliphatic hydroxyl groups is 1. The van der Waals surface area contributed by atoms with Crippen LogP contribution >= 0.6 is 0 Å². The maximum atomic E-state index is 9.24. The van der Waals surface area contributed by atoms with Gasteiger partial charge < -0.3 is 15.7 Å². The normalized spacial score (nSPS) is 23.9. The topological polar surface area (TPSA) is 75.3 Å². The lowest BCUT2D eigenvalue weighted by Crippen LogP contribution is -2.37. The second-order valence-electron chi connectivity index (χ2n) is 4.61. The van der Waals surface area contributed by atoms with Gasteiger partial charge >= 0.3 is 0 Å². The minimum absolute atomic E-state index is 0.102. The van der Waals surface area contributed by atoms with Gasteiger partial charge in [-0.05, 0) is 25.7 Å². The molecule has 1 heterocycles. The van der Waals surface area contributed by atoms with Crippen molar-refractivity contribution in [2.45, 2.75) is 25.9 Å². The summed E-state index contributed by atoms with van der Waals surface area (Å²) in [5.74, 6) is 1.76. The lowest BCUT2D eigenvalue weighted by atomic mass is 9.82. The number of aryl methyl sites for hydroxylation is 1. The van der Waals surface area contributed by atoms with Gasteiger partial charge in [-0.3, -0.25) is 0 Å². The number of nitrogens with two attached hydrogens (primary N) is 1. The number of aliphatic hydroxyl groups excluding tert-OH is 1. The monoisotopic (exact) mass is 222 g/mol. The fourth-order valence-corrected chi connectivity index (χ4v) is 2.16. The van der Waals surface area contributed by atoms with Crippen molar-refractivity contribution >= 4 is 11.8 Å². The molecule has 0 aromatic carbocycles. The third kappa shape index (κ3) is 2.24. The van der Waals surface area contributed by atoms with E-state index in [2.05, 4.69) is 14.9 Å². The highest BCUT2D eigenvalue weighted by Gasteiger charge is 2.28. The Labute approximate surface area is 95.3 Å². The Kier molecular flexibility index (Phi) is 2.96. The van der Waals surface area contributed by atoms with Crippen molar-refractivity contribution in [1.29, 1.82) is 0 Å². The molecule has 1 saturated carbocycles. The van der Waals surface area contributed by atoms with E-state index in [9.17, 15) is 5.11 Å². The SMILES string of the molecule is Cc1cnc(N)nc1N(C)CC1CC(O)C1. The first-order valence-corrected chi connectivity index (χ1v) is 5.54. The van der Waals surface area contributed by atoms with E-state index in [1.807, 2.05) is 14.0 Å². The molecule has 16 heavy (non-hydrogen) atoms. The van der Waals surface area contributed by atoms with Gasteiger partial charge in [0.25, 0.3) is 0 Å². The Morgan fingerprint density at radius 3 is 2.88 bits per heavy atom. The number of nitrogen functional groups attached to an aromatic ring is 1. The van der Waals surface area contributed by atoms with Gasteiger partial charge in [-0.1, -0.05) is 0 Å². The first kappa shape index (κ1) is 11.1. The van der Waals surface area contributed by atoms with Crippen molar-refractivity contribution < 1.29 is 5.11 Å². The number of anilines is 2.